The first-order valence-electron chi connectivity index (χ1n) is 12.5. The highest BCUT2D eigenvalue weighted by atomic mass is 16.6. The minimum atomic E-state index is -2.63. The number of carbonyl (C=O) groups excluding carboxylic acids is 2. The van der Waals surface area contributed by atoms with Crippen LogP contribution in [0, 0.1) is 12.8 Å². The molecule has 1 amide bonds. The van der Waals surface area contributed by atoms with Gasteiger partial charge >= 0.3 is 6.09 Å². The van der Waals surface area contributed by atoms with E-state index >= 15 is 0 Å². The van der Waals surface area contributed by atoms with E-state index in [0.717, 1.165) is 48.3 Å². The maximum atomic E-state index is 12.8. The van der Waals surface area contributed by atoms with Crippen LogP contribution in [0.3, 0.4) is 0 Å². The van der Waals surface area contributed by atoms with Crippen molar-refractivity contribution in [2.24, 2.45) is 13.0 Å². The highest BCUT2D eigenvalue weighted by Crippen LogP contribution is 2.35. The Hall–Kier alpha value is -3.68. The van der Waals surface area contributed by atoms with Crippen molar-refractivity contribution in [1.29, 1.82) is 0 Å². The lowest BCUT2D eigenvalue weighted by molar-refractivity contribution is 0.0900. The van der Waals surface area contributed by atoms with Gasteiger partial charge in [-0.2, -0.15) is 5.10 Å². The number of hydrogen-bond donors (Lipinski definition) is 0. The number of carbonyl (C=O) groups is 2. The highest BCUT2D eigenvalue weighted by Gasteiger charge is 2.28. The number of aryl methyl sites for hydroxylation is 1. The second-order valence-electron chi connectivity index (χ2n) is 8.59. The molecule has 0 spiro atoms. The molecular formula is C25H27N5O3. The SMILES string of the molecule is [2H]C([2H])([2H])N1C(=O)OCc2cc(-c3cncc(N4CCC(C(=O)c5cnn(C)c5)CC4)c3C)ccc21. The smallest absolute Gasteiger partial charge is 0.414 e. The van der Waals surface area contributed by atoms with Crippen LogP contribution < -0.4 is 9.80 Å². The zero-order valence-electron chi connectivity index (χ0n) is 21.6. The number of cyclic esters (lactones) is 1. The van der Waals surface area contributed by atoms with E-state index in [1.165, 1.54) is 0 Å². The predicted molar refractivity (Wildman–Crippen MR) is 125 cm³/mol. The summed E-state index contributed by atoms with van der Waals surface area (Å²) >= 11 is 0. The Morgan fingerprint density at radius 1 is 1.18 bits per heavy atom. The van der Waals surface area contributed by atoms with E-state index in [9.17, 15) is 9.59 Å². The van der Waals surface area contributed by atoms with Crippen LogP contribution in [0.15, 0.2) is 43.0 Å². The molecule has 8 nitrogen and oxygen atoms in total. The molecule has 4 heterocycles. The third kappa shape index (κ3) is 3.86. The van der Waals surface area contributed by atoms with Gasteiger partial charge in [0.05, 0.1) is 29.3 Å². The molecule has 5 rings (SSSR count). The summed E-state index contributed by atoms with van der Waals surface area (Å²) in [6.45, 7) is 0.912. The van der Waals surface area contributed by atoms with Crippen LogP contribution in [0.4, 0.5) is 16.2 Å². The first kappa shape index (κ1) is 17.8. The van der Waals surface area contributed by atoms with Crippen LogP contribution in [-0.4, -0.2) is 46.7 Å². The molecule has 33 heavy (non-hydrogen) atoms. The number of aromatic nitrogens is 3. The average Bonchev–Trinajstić information content (AvgIpc) is 3.29. The molecule has 0 bridgehead atoms. The van der Waals surface area contributed by atoms with Gasteiger partial charge < -0.3 is 9.64 Å². The summed E-state index contributed by atoms with van der Waals surface area (Å²) in [4.78, 5) is 32.4. The lowest BCUT2D eigenvalue weighted by Gasteiger charge is -2.34. The molecule has 1 saturated heterocycles. The van der Waals surface area contributed by atoms with E-state index < -0.39 is 13.1 Å². The Balaban J connectivity index is 1.36. The molecule has 8 heteroatoms. The zero-order valence-corrected chi connectivity index (χ0v) is 18.6. The van der Waals surface area contributed by atoms with E-state index in [0.29, 0.717) is 21.7 Å². The van der Waals surface area contributed by atoms with Gasteiger partial charge in [-0.15, -0.1) is 0 Å². The van der Waals surface area contributed by atoms with E-state index in [4.69, 9.17) is 8.85 Å². The quantitative estimate of drug-likeness (QED) is 0.562. The number of nitrogens with zero attached hydrogens (tertiary/aromatic N) is 5. The molecule has 0 N–H and O–H groups in total. The summed E-state index contributed by atoms with van der Waals surface area (Å²) in [5.41, 5.74) is 5.45. The van der Waals surface area contributed by atoms with E-state index in [2.05, 4.69) is 15.0 Å². The number of pyridine rings is 1. The second-order valence-corrected chi connectivity index (χ2v) is 8.59. The van der Waals surface area contributed by atoms with Crippen molar-refractivity contribution < 1.29 is 18.4 Å². The molecule has 170 valence electrons. The van der Waals surface area contributed by atoms with Crippen molar-refractivity contribution in [3.63, 3.8) is 0 Å². The number of hydrogen-bond acceptors (Lipinski definition) is 6. The number of amides is 1. The Morgan fingerprint density at radius 2 is 2.00 bits per heavy atom. The Morgan fingerprint density at radius 3 is 2.73 bits per heavy atom. The van der Waals surface area contributed by atoms with Crippen LogP contribution >= 0.6 is 0 Å². The molecule has 2 aliphatic heterocycles. The van der Waals surface area contributed by atoms with Gasteiger partial charge in [0.25, 0.3) is 0 Å². The molecule has 0 aliphatic carbocycles. The molecule has 0 atom stereocenters. The fourth-order valence-electron chi connectivity index (χ4n) is 4.68. The summed E-state index contributed by atoms with van der Waals surface area (Å²) in [5.74, 6) is 0.124. The number of fused-ring (bicyclic) bond motifs is 1. The number of piperidine rings is 1. The monoisotopic (exact) mass is 448 g/mol. The number of ketones is 1. The third-order valence-corrected chi connectivity index (χ3v) is 6.55. The molecule has 0 radical (unpaired) electrons. The van der Waals surface area contributed by atoms with Crippen LogP contribution in [0.1, 0.15) is 38.4 Å². The molecular weight excluding hydrogens is 418 g/mol. The predicted octanol–water partition coefficient (Wildman–Crippen LogP) is 3.98. The molecule has 3 aromatic rings. The van der Waals surface area contributed by atoms with Crippen LogP contribution in [0.5, 0.6) is 0 Å². The Kier molecular flexibility index (Phi) is 4.51. The van der Waals surface area contributed by atoms with Crippen molar-refractivity contribution in [2.45, 2.75) is 26.4 Å². The number of rotatable bonds is 4. The second kappa shape index (κ2) is 8.35. The van der Waals surface area contributed by atoms with Gasteiger partial charge in [-0.3, -0.25) is 19.4 Å². The number of ether oxygens (including phenoxy) is 1. The van der Waals surface area contributed by atoms with E-state index in [1.54, 1.807) is 36.4 Å². The molecule has 2 aliphatic rings. The fourth-order valence-corrected chi connectivity index (χ4v) is 4.68. The molecule has 0 saturated carbocycles. The van der Waals surface area contributed by atoms with Gasteiger partial charge in [0.15, 0.2) is 5.78 Å². The Bertz CT molecular complexity index is 1330. The van der Waals surface area contributed by atoms with Crippen LogP contribution in [0.25, 0.3) is 11.1 Å². The fraction of sp³-hybridized carbons (Fsp3) is 0.360. The average molecular weight is 449 g/mol. The maximum Gasteiger partial charge on any atom is 0.414 e. The van der Waals surface area contributed by atoms with Gasteiger partial charge in [0.2, 0.25) is 0 Å². The number of Topliss-reactive ketones (excluding diaryl/α,β-unsaturated/α-hetero) is 1. The van der Waals surface area contributed by atoms with Crippen molar-refractivity contribution in [1.82, 2.24) is 14.8 Å². The minimum Gasteiger partial charge on any atom is -0.444 e. The van der Waals surface area contributed by atoms with Crippen molar-refractivity contribution in [3.05, 3.63) is 59.7 Å². The van der Waals surface area contributed by atoms with Gasteiger partial charge in [-0.1, -0.05) is 6.07 Å². The normalized spacial score (nSPS) is 18.2. The molecule has 1 fully saturated rings. The van der Waals surface area contributed by atoms with Gasteiger partial charge in [0.1, 0.15) is 6.61 Å². The zero-order chi connectivity index (χ0) is 25.6. The number of benzene rings is 1. The minimum absolute atomic E-state index is 0.0131. The third-order valence-electron chi connectivity index (χ3n) is 6.55. The summed E-state index contributed by atoms with van der Waals surface area (Å²) in [6.07, 6.45) is 7.67. The molecule has 2 aromatic heterocycles. The topological polar surface area (TPSA) is 80.6 Å². The first-order valence-corrected chi connectivity index (χ1v) is 11.0. The molecule has 1 aromatic carbocycles. The van der Waals surface area contributed by atoms with Crippen molar-refractivity contribution in [3.8, 4) is 11.1 Å². The summed E-state index contributed by atoms with van der Waals surface area (Å²) in [7, 11) is 1.81. The Labute approximate surface area is 197 Å². The van der Waals surface area contributed by atoms with Crippen LogP contribution in [-0.2, 0) is 18.4 Å². The molecule has 0 unspecified atom stereocenters. The van der Waals surface area contributed by atoms with Gasteiger partial charge in [0, 0.05) is 60.7 Å². The van der Waals surface area contributed by atoms with Gasteiger partial charge in [-0.25, -0.2) is 4.79 Å². The highest BCUT2D eigenvalue weighted by molar-refractivity contribution is 5.97. The lowest BCUT2D eigenvalue weighted by Crippen LogP contribution is -2.36. The largest absolute Gasteiger partial charge is 0.444 e. The maximum absolute atomic E-state index is 12.8. The van der Waals surface area contributed by atoms with E-state index in [-0.39, 0.29) is 18.3 Å². The van der Waals surface area contributed by atoms with Crippen molar-refractivity contribution in [2.75, 3.05) is 29.9 Å². The first-order chi connectivity index (χ1) is 17.1. The summed E-state index contributed by atoms with van der Waals surface area (Å²) < 4.78 is 29.8. The summed E-state index contributed by atoms with van der Waals surface area (Å²) in [6, 6.07) is 5.31. The van der Waals surface area contributed by atoms with Crippen molar-refractivity contribution >= 4 is 23.3 Å². The summed E-state index contributed by atoms with van der Waals surface area (Å²) in [5, 5.41) is 4.11. The number of anilines is 2. The van der Waals surface area contributed by atoms with E-state index in [1.807, 2.05) is 25.3 Å². The van der Waals surface area contributed by atoms with Gasteiger partial charge in [-0.05, 0) is 43.0 Å². The lowest BCUT2D eigenvalue weighted by atomic mass is 9.89. The van der Waals surface area contributed by atoms with Crippen LogP contribution in [0.2, 0.25) is 0 Å². The standard InChI is InChI=1S/C25H27N5O3/c1-16-21(18-4-5-22-19(10-18)15-33-25(32)29(22)3)12-26-13-23(16)30-8-6-17(7-9-30)24(31)20-11-27-28(2)14-20/h4-5,10-14,17H,6-9,15H2,1-3H3/i3D3.